The minimum absolute atomic E-state index is 0.0456. The van der Waals surface area contributed by atoms with Crippen molar-refractivity contribution < 1.29 is 13.5 Å². The summed E-state index contributed by atoms with van der Waals surface area (Å²) in [5, 5.41) is 14.6. The Morgan fingerprint density at radius 3 is 2.69 bits per heavy atom. The first kappa shape index (κ1) is 19.9. The zero-order chi connectivity index (χ0) is 20.8. The number of nitrogens with zero attached hydrogens (tertiary/aromatic N) is 3. The lowest BCUT2D eigenvalue weighted by Crippen LogP contribution is -2.38. The van der Waals surface area contributed by atoms with Gasteiger partial charge >= 0.3 is 0 Å². The fourth-order valence-corrected chi connectivity index (χ4v) is 5.83. The molecule has 0 spiro atoms. The molecule has 3 heterocycles. The molecule has 2 aromatic heterocycles. The van der Waals surface area contributed by atoms with E-state index in [0.29, 0.717) is 42.7 Å². The molecule has 0 bridgehead atoms. The van der Waals surface area contributed by atoms with Gasteiger partial charge in [0, 0.05) is 17.6 Å². The first-order chi connectivity index (χ1) is 13.7. The Bertz CT molecular complexity index is 1150. The highest BCUT2D eigenvalue weighted by Crippen LogP contribution is 2.39. The van der Waals surface area contributed by atoms with Gasteiger partial charge in [-0.05, 0) is 45.1 Å². The first-order valence-corrected chi connectivity index (χ1v) is 11.6. The van der Waals surface area contributed by atoms with Crippen LogP contribution in [-0.4, -0.2) is 51.2 Å². The summed E-state index contributed by atoms with van der Waals surface area (Å²) in [4.78, 5) is 21.9. The van der Waals surface area contributed by atoms with Gasteiger partial charge in [-0.15, -0.1) is 6.42 Å². The van der Waals surface area contributed by atoms with Crippen molar-refractivity contribution in [3.63, 3.8) is 0 Å². The lowest BCUT2D eigenvalue weighted by molar-refractivity contribution is 0.0266. The summed E-state index contributed by atoms with van der Waals surface area (Å²) in [5.74, 6) is 3.03. The van der Waals surface area contributed by atoms with E-state index in [9.17, 15) is 18.3 Å². The van der Waals surface area contributed by atoms with Crippen LogP contribution in [0, 0.1) is 12.3 Å². The van der Waals surface area contributed by atoms with Crippen LogP contribution in [0.3, 0.4) is 0 Å². The number of sulfone groups is 1. The number of anilines is 1. The van der Waals surface area contributed by atoms with E-state index in [4.69, 9.17) is 6.42 Å². The van der Waals surface area contributed by atoms with Crippen molar-refractivity contribution in [2.75, 3.05) is 16.8 Å². The van der Waals surface area contributed by atoms with Crippen molar-refractivity contribution in [2.24, 2.45) is 0 Å². The van der Waals surface area contributed by atoms with Crippen LogP contribution in [0.5, 0.6) is 0 Å². The summed E-state index contributed by atoms with van der Waals surface area (Å²) in [6, 6.07) is 1.12. The van der Waals surface area contributed by atoms with Gasteiger partial charge in [0.05, 0.1) is 28.7 Å². The number of fused-ring (bicyclic) bond motifs is 1. The third-order valence-electron chi connectivity index (χ3n) is 6.01. The minimum Gasteiger partial charge on any atom is -0.388 e. The van der Waals surface area contributed by atoms with E-state index in [1.807, 2.05) is 0 Å². The zero-order valence-corrected chi connectivity index (χ0v) is 17.1. The normalized spacial score (nSPS) is 27.0. The number of nitrogens with one attached hydrogen (secondary N) is 1. The molecule has 2 N–H and O–H groups in total. The lowest BCUT2D eigenvalue weighted by atomic mass is 9.99. The van der Waals surface area contributed by atoms with Crippen molar-refractivity contribution in [3.8, 4) is 12.3 Å². The summed E-state index contributed by atoms with van der Waals surface area (Å²) >= 11 is 0. The summed E-state index contributed by atoms with van der Waals surface area (Å²) in [6.07, 6.45) is 10.2. The van der Waals surface area contributed by atoms with Gasteiger partial charge in [0.25, 0.3) is 5.56 Å². The monoisotopic (exact) mass is 416 g/mol. The molecule has 0 aromatic carbocycles. The number of aromatic nitrogens is 3. The smallest absolute Gasteiger partial charge is 0.268 e. The van der Waals surface area contributed by atoms with Crippen molar-refractivity contribution >= 4 is 26.8 Å². The van der Waals surface area contributed by atoms with Crippen LogP contribution in [0.15, 0.2) is 17.1 Å². The van der Waals surface area contributed by atoms with Crippen LogP contribution in [0.1, 0.15) is 50.6 Å². The maximum atomic E-state index is 13.0. The van der Waals surface area contributed by atoms with Crippen LogP contribution in [0.4, 0.5) is 5.95 Å². The highest BCUT2D eigenvalue weighted by molar-refractivity contribution is 7.91. The number of terminal acetylenes is 1. The topological polar surface area (TPSA) is 114 Å². The number of aliphatic hydroxyl groups is 1. The van der Waals surface area contributed by atoms with E-state index in [-0.39, 0.29) is 28.7 Å². The van der Waals surface area contributed by atoms with Crippen molar-refractivity contribution in [2.45, 2.75) is 56.7 Å². The van der Waals surface area contributed by atoms with Crippen molar-refractivity contribution in [3.05, 3.63) is 28.2 Å². The van der Waals surface area contributed by atoms with Gasteiger partial charge in [-0.25, -0.2) is 13.4 Å². The highest BCUT2D eigenvalue weighted by atomic mass is 32.2. The number of pyridine rings is 1. The average molecular weight is 417 g/mol. The van der Waals surface area contributed by atoms with E-state index < -0.39 is 21.5 Å². The Balaban J connectivity index is 1.76. The molecule has 1 aliphatic carbocycles. The molecule has 1 aliphatic heterocycles. The fraction of sp³-hybridized carbons (Fsp3) is 0.550. The number of hydrogen-bond acceptors (Lipinski definition) is 7. The average Bonchev–Trinajstić information content (AvgIpc) is 3.02. The third-order valence-corrected chi connectivity index (χ3v) is 7.72. The Morgan fingerprint density at radius 1 is 1.34 bits per heavy atom. The number of hydrogen-bond donors (Lipinski definition) is 2. The lowest BCUT2D eigenvalue weighted by Gasteiger charge is -2.28. The maximum Gasteiger partial charge on any atom is 0.268 e. The van der Waals surface area contributed by atoms with E-state index >= 15 is 0 Å². The molecular weight excluding hydrogens is 392 g/mol. The largest absolute Gasteiger partial charge is 0.388 e. The van der Waals surface area contributed by atoms with Gasteiger partial charge in [0.2, 0.25) is 5.95 Å². The molecule has 2 atom stereocenters. The van der Waals surface area contributed by atoms with Gasteiger partial charge < -0.3 is 10.4 Å². The van der Waals surface area contributed by atoms with Gasteiger partial charge in [-0.3, -0.25) is 9.36 Å². The van der Waals surface area contributed by atoms with Crippen LogP contribution in [-0.2, 0) is 9.84 Å². The van der Waals surface area contributed by atoms with Crippen LogP contribution < -0.4 is 10.9 Å². The van der Waals surface area contributed by atoms with E-state index in [2.05, 4.69) is 21.2 Å². The molecule has 0 amide bonds. The summed E-state index contributed by atoms with van der Waals surface area (Å²) in [7, 11) is -2.96. The predicted molar refractivity (Wildman–Crippen MR) is 111 cm³/mol. The summed E-state index contributed by atoms with van der Waals surface area (Å²) in [6.45, 7) is 1.73. The van der Waals surface area contributed by atoms with E-state index in [1.54, 1.807) is 19.2 Å². The molecule has 2 aromatic rings. The first-order valence-electron chi connectivity index (χ1n) is 9.78. The minimum atomic E-state index is -2.96. The maximum absolute atomic E-state index is 13.0. The van der Waals surface area contributed by atoms with Gasteiger partial charge in [-0.1, -0.05) is 5.92 Å². The number of rotatable bonds is 3. The van der Waals surface area contributed by atoms with Crippen molar-refractivity contribution in [1.82, 2.24) is 14.5 Å². The fourth-order valence-electron chi connectivity index (χ4n) is 4.34. The van der Waals surface area contributed by atoms with Gasteiger partial charge in [0.15, 0.2) is 0 Å². The Kier molecular flexibility index (Phi) is 4.87. The van der Waals surface area contributed by atoms with Crippen molar-refractivity contribution in [1.29, 1.82) is 0 Å². The molecule has 0 radical (unpaired) electrons. The Hall–Kier alpha value is -2.44. The molecule has 2 aliphatic rings. The zero-order valence-electron chi connectivity index (χ0n) is 16.3. The molecule has 2 fully saturated rings. The molecule has 0 unspecified atom stereocenters. The third kappa shape index (κ3) is 3.74. The van der Waals surface area contributed by atoms with Gasteiger partial charge in [0.1, 0.15) is 15.5 Å². The highest BCUT2D eigenvalue weighted by Gasteiger charge is 2.39. The second-order valence-corrected chi connectivity index (χ2v) is 10.5. The van der Waals surface area contributed by atoms with E-state index in [0.717, 1.165) is 6.42 Å². The van der Waals surface area contributed by atoms with E-state index in [1.165, 1.54) is 4.57 Å². The van der Waals surface area contributed by atoms with Crippen LogP contribution >= 0.6 is 0 Å². The predicted octanol–water partition coefficient (Wildman–Crippen LogP) is 1.24. The molecule has 9 heteroatoms. The molecule has 1 saturated heterocycles. The Morgan fingerprint density at radius 2 is 2.07 bits per heavy atom. The quantitative estimate of drug-likeness (QED) is 0.724. The summed E-state index contributed by atoms with van der Waals surface area (Å²) in [5.41, 5.74) is -0.745. The Labute approximate surface area is 169 Å². The molecule has 154 valence electrons. The molecule has 29 heavy (non-hydrogen) atoms. The molecule has 8 nitrogen and oxygen atoms in total. The summed E-state index contributed by atoms with van der Waals surface area (Å²) < 4.78 is 24.8. The van der Waals surface area contributed by atoms with Crippen LogP contribution in [0.2, 0.25) is 0 Å². The van der Waals surface area contributed by atoms with Crippen LogP contribution in [0.25, 0.3) is 11.0 Å². The second-order valence-electron chi connectivity index (χ2n) is 8.19. The molecule has 1 saturated carbocycles. The molecule has 4 rings (SSSR count). The SMILES string of the molecule is C#Cc1cc2cnc(NC3CCS(=O)(=O)CC3)nc2n([C@@H]2CCC[C@@]2(C)O)c1=O. The second kappa shape index (κ2) is 7.11. The standard InChI is InChI=1S/C20H24N4O4S/c1-3-13-11-14-12-21-19(22-15-6-9-29(27,28)10-7-15)23-17(14)24(18(13)25)16-5-4-8-20(16,2)26/h1,11-12,15-16,26H,4-10H2,2H3,(H,21,22,23)/t16-,20-/m1/s1. The molecular formula is C20H24N4O4S. The van der Waals surface area contributed by atoms with Gasteiger partial charge in [-0.2, -0.15) is 4.98 Å².